The van der Waals surface area contributed by atoms with Crippen LogP contribution in [0.15, 0.2) is 29.2 Å². The van der Waals surface area contributed by atoms with Crippen LogP contribution < -0.4 is 15.8 Å². The molecule has 0 aliphatic heterocycles. The molecule has 0 radical (unpaired) electrons. The van der Waals surface area contributed by atoms with Gasteiger partial charge in [0.1, 0.15) is 0 Å². The maximum absolute atomic E-state index is 11.9. The first-order valence-electron chi connectivity index (χ1n) is 6.17. The average Bonchev–Trinajstić information content (AvgIpc) is 2.41. The highest BCUT2D eigenvalue weighted by molar-refractivity contribution is 7.89. The van der Waals surface area contributed by atoms with Crippen LogP contribution in [0.4, 0.5) is 0 Å². The second-order valence-electron chi connectivity index (χ2n) is 4.10. The van der Waals surface area contributed by atoms with Gasteiger partial charge >= 0.3 is 0 Å². The van der Waals surface area contributed by atoms with Gasteiger partial charge < -0.3 is 11.1 Å². The summed E-state index contributed by atoms with van der Waals surface area (Å²) in [6.07, 6.45) is 0.956. The molecule has 6 nitrogen and oxygen atoms in total. The van der Waals surface area contributed by atoms with Crippen LogP contribution in [-0.4, -0.2) is 34.0 Å². The molecule has 0 aliphatic rings. The Bertz CT molecular complexity index is 552. The summed E-state index contributed by atoms with van der Waals surface area (Å²) < 4.78 is 26.2. The van der Waals surface area contributed by atoms with Crippen LogP contribution in [0.5, 0.6) is 0 Å². The van der Waals surface area contributed by atoms with Gasteiger partial charge in [-0.15, -0.1) is 12.4 Å². The van der Waals surface area contributed by atoms with Crippen molar-refractivity contribution < 1.29 is 13.2 Å². The molecule has 1 aromatic carbocycles. The predicted molar refractivity (Wildman–Crippen MR) is 85.2 cm³/mol. The van der Waals surface area contributed by atoms with E-state index in [2.05, 4.69) is 10.0 Å². The number of sulfonamides is 1. The standard InChI is InChI=1S/C12H18ClN3O3S.ClH/c13-10-3-1-4-11(9-10)20(18,19)16-8-7-15-12(17)5-2-6-14;/h1,3-4,9,16H,2,5-8,14H2,(H,15,17);1H. The fourth-order valence-corrected chi connectivity index (χ4v) is 2.79. The van der Waals surface area contributed by atoms with E-state index in [0.717, 1.165) is 0 Å². The third-order valence-electron chi connectivity index (χ3n) is 2.45. The van der Waals surface area contributed by atoms with Crippen molar-refractivity contribution in [3.63, 3.8) is 0 Å². The Balaban J connectivity index is 0.00000400. The maximum Gasteiger partial charge on any atom is 0.240 e. The van der Waals surface area contributed by atoms with Gasteiger partial charge in [0, 0.05) is 24.5 Å². The van der Waals surface area contributed by atoms with Gasteiger partial charge in [-0.3, -0.25) is 4.79 Å². The number of carbonyl (C=O) groups is 1. The molecular formula is C12H19Cl2N3O3S. The fraction of sp³-hybridized carbons (Fsp3) is 0.417. The van der Waals surface area contributed by atoms with Crippen molar-refractivity contribution in [2.45, 2.75) is 17.7 Å². The van der Waals surface area contributed by atoms with Crippen molar-refractivity contribution in [1.82, 2.24) is 10.0 Å². The predicted octanol–water partition coefficient (Wildman–Crippen LogP) is 0.895. The topological polar surface area (TPSA) is 101 Å². The number of nitrogens with one attached hydrogen (secondary N) is 2. The number of nitrogens with two attached hydrogens (primary N) is 1. The largest absolute Gasteiger partial charge is 0.355 e. The molecular weight excluding hydrogens is 337 g/mol. The van der Waals surface area contributed by atoms with E-state index in [-0.39, 0.29) is 36.3 Å². The lowest BCUT2D eigenvalue weighted by Crippen LogP contribution is -2.34. The number of benzene rings is 1. The minimum atomic E-state index is -3.60. The number of hydrogen-bond acceptors (Lipinski definition) is 4. The molecule has 0 bridgehead atoms. The molecule has 1 aromatic rings. The molecule has 0 unspecified atom stereocenters. The van der Waals surface area contributed by atoms with E-state index in [0.29, 0.717) is 24.4 Å². The second kappa shape index (κ2) is 9.97. The van der Waals surface area contributed by atoms with Crippen LogP contribution in [0.25, 0.3) is 0 Å². The smallest absolute Gasteiger partial charge is 0.240 e. The van der Waals surface area contributed by atoms with Crippen molar-refractivity contribution >= 4 is 39.9 Å². The van der Waals surface area contributed by atoms with Crippen molar-refractivity contribution in [1.29, 1.82) is 0 Å². The Hall–Kier alpha value is -0.860. The summed E-state index contributed by atoms with van der Waals surface area (Å²) >= 11 is 5.74. The van der Waals surface area contributed by atoms with Gasteiger partial charge in [0.2, 0.25) is 15.9 Å². The van der Waals surface area contributed by atoms with E-state index in [1.165, 1.54) is 12.1 Å². The Morgan fingerprint density at radius 3 is 2.62 bits per heavy atom. The third kappa shape index (κ3) is 7.63. The molecule has 0 aliphatic carbocycles. The number of carbonyl (C=O) groups excluding carboxylic acids is 1. The number of halogens is 2. The monoisotopic (exact) mass is 355 g/mol. The van der Waals surface area contributed by atoms with Gasteiger partial charge in [0.15, 0.2) is 0 Å². The molecule has 1 amide bonds. The molecule has 9 heteroatoms. The molecule has 21 heavy (non-hydrogen) atoms. The summed E-state index contributed by atoms with van der Waals surface area (Å²) in [5.74, 6) is -0.141. The fourth-order valence-electron chi connectivity index (χ4n) is 1.46. The van der Waals surface area contributed by atoms with Crippen molar-refractivity contribution in [2.24, 2.45) is 5.73 Å². The Morgan fingerprint density at radius 2 is 2.00 bits per heavy atom. The highest BCUT2D eigenvalue weighted by atomic mass is 35.5. The van der Waals surface area contributed by atoms with E-state index in [4.69, 9.17) is 17.3 Å². The number of hydrogen-bond donors (Lipinski definition) is 3. The van der Waals surface area contributed by atoms with Crippen LogP contribution in [0.1, 0.15) is 12.8 Å². The minimum Gasteiger partial charge on any atom is -0.355 e. The van der Waals surface area contributed by atoms with Crippen LogP contribution in [-0.2, 0) is 14.8 Å². The highest BCUT2D eigenvalue weighted by Crippen LogP contribution is 2.14. The van der Waals surface area contributed by atoms with E-state index in [9.17, 15) is 13.2 Å². The first-order chi connectivity index (χ1) is 9.45. The van der Waals surface area contributed by atoms with Gasteiger partial charge in [-0.2, -0.15) is 0 Å². The van der Waals surface area contributed by atoms with Crippen molar-refractivity contribution in [3.8, 4) is 0 Å². The van der Waals surface area contributed by atoms with E-state index in [1.807, 2.05) is 0 Å². The van der Waals surface area contributed by atoms with Gasteiger partial charge in [0.25, 0.3) is 0 Å². The number of rotatable bonds is 8. The van der Waals surface area contributed by atoms with Crippen LogP contribution in [0.3, 0.4) is 0 Å². The molecule has 0 heterocycles. The second-order valence-corrected chi connectivity index (χ2v) is 6.30. The molecule has 120 valence electrons. The van der Waals surface area contributed by atoms with Crippen molar-refractivity contribution in [3.05, 3.63) is 29.3 Å². The summed E-state index contributed by atoms with van der Waals surface area (Å²) in [6.45, 7) is 0.793. The van der Waals surface area contributed by atoms with Gasteiger partial charge in [-0.05, 0) is 31.2 Å². The first kappa shape index (κ1) is 20.1. The summed E-state index contributed by atoms with van der Waals surface area (Å²) in [7, 11) is -3.60. The van der Waals surface area contributed by atoms with E-state index < -0.39 is 10.0 Å². The van der Waals surface area contributed by atoms with Gasteiger partial charge in [-0.25, -0.2) is 13.1 Å². The molecule has 1 rings (SSSR count). The summed E-state index contributed by atoms with van der Waals surface area (Å²) in [5, 5.41) is 2.96. The lowest BCUT2D eigenvalue weighted by molar-refractivity contribution is -0.121. The highest BCUT2D eigenvalue weighted by Gasteiger charge is 2.13. The lowest BCUT2D eigenvalue weighted by Gasteiger charge is -2.08. The van der Waals surface area contributed by atoms with E-state index >= 15 is 0 Å². The molecule has 0 saturated carbocycles. The zero-order valence-electron chi connectivity index (χ0n) is 11.3. The Labute approximate surface area is 135 Å². The molecule has 0 aromatic heterocycles. The van der Waals surface area contributed by atoms with E-state index in [1.54, 1.807) is 12.1 Å². The molecule has 0 atom stereocenters. The third-order valence-corrected chi connectivity index (χ3v) is 4.15. The summed E-state index contributed by atoms with van der Waals surface area (Å²) in [6, 6.07) is 5.97. The molecule has 0 fully saturated rings. The molecule has 4 N–H and O–H groups in total. The lowest BCUT2D eigenvalue weighted by atomic mass is 10.3. The van der Waals surface area contributed by atoms with Gasteiger partial charge in [0.05, 0.1) is 4.90 Å². The zero-order chi connectivity index (χ0) is 15.0. The van der Waals surface area contributed by atoms with Crippen LogP contribution in [0.2, 0.25) is 5.02 Å². The normalized spacial score (nSPS) is 10.8. The SMILES string of the molecule is Cl.NCCCC(=O)NCCNS(=O)(=O)c1cccc(Cl)c1. The maximum atomic E-state index is 11.9. The average molecular weight is 356 g/mol. The van der Waals surface area contributed by atoms with Crippen LogP contribution in [0, 0.1) is 0 Å². The minimum absolute atomic E-state index is 0. The zero-order valence-corrected chi connectivity index (χ0v) is 13.7. The Morgan fingerprint density at radius 1 is 1.29 bits per heavy atom. The quantitative estimate of drug-likeness (QED) is 0.602. The number of amides is 1. The summed E-state index contributed by atoms with van der Waals surface area (Å²) in [4.78, 5) is 11.4. The van der Waals surface area contributed by atoms with Crippen molar-refractivity contribution in [2.75, 3.05) is 19.6 Å². The molecule has 0 saturated heterocycles. The first-order valence-corrected chi connectivity index (χ1v) is 8.04. The summed E-state index contributed by atoms with van der Waals surface area (Å²) in [5.41, 5.74) is 5.28. The van der Waals surface area contributed by atoms with Crippen LogP contribution >= 0.6 is 24.0 Å². The molecule has 0 spiro atoms. The van der Waals surface area contributed by atoms with Gasteiger partial charge in [-0.1, -0.05) is 17.7 Å². The Kier molecular flexibility index (Phi) is 9.56.